The third-order valence-corrected chi connectivity index (χ3v) is 5.18. The topological polar surface area (TPSA) is 92.7 Å². The molecule has 1 aliphatic heterocycles. The zero-order valence-corrected chi connectivity index (χ0v) is 13.7. The van der Waals surface area contributed by atoms with Gasteiger partial charge in [0.1, 0.15) is 5.25 Å². The van der Waals surface area contributed by atoms with Crippen LogP contribution in [0.4, 0.5) is 5.95 Å². The number of sulfone groups is 1. The second-order valence-corrected chi connectivity index (χ2v) is 7.55. The molecule has 1 unspecified atom stereocenters. The summed E-state index contributed by atoms with van der Waals surface area (Å²) in [5.41, 5.74) is 0. The fraction of sp³-hybridized carbons (Fsp3) is 0.615. The summed E-state index contributed by atoms with van der Waals surface area (Å²) in [6.07, 6.45) is 2.69. The van der Waals surface area contributed by atoms with Crippen LogP contribution in [0.5, 0.6) is 5.88 Å². The Balaban J connectivity index is 1.99. The highest BCUT2D eigenvalue weighted by atomic mass is 32.2. The Kier molecular flexibility index (Phi) is 4.84. The first-order valence-electron chi connectivity index (χ1n) is 6.92. The number of aromatic nitrogens is 2. The van der Waals surface area contributed by atoms with Crippen molar-refractivity contribution in [3.8, 4) is 5.88 Å². The molecule has 2 heterocycles. The van der Waals surface area contributed by atoms with E-state index in [1.54, 1.807) is 17.2 Å². The average Bonchev–Trinajstić information content (AvgIpc) is 2.53. The lowest BCUT2D eigenvalue weighted by atomic mass is 10.3. The normalized spacial score (nSPS) is 17.2. The smallest absolute Gasteiger partial charge is 0.240 e. The lowest BCUT2D eigenvalue weighted by Crippen LogP contribution is -2.52. The van der Waals surface area contributed by atoms with Gasteiger partial charge < -0.3 is 14.5 Å². The van der Waals surface area contributed by atoms with Gasteiger partial charge in [0, 0.05) is 44.7 Å². The van der Waals surface area contributed by atoms with Gasteiger partial charge in [0.15, 0.2) is 9.84 Å². The molecular weight excluding hydrogens is 308 g/mol. The molecular formula is C13H20N4O4S. The van der Waals surface area contributed by atoms with Gasteiger partial charge in [-0.25, -0.2) is 13.4 Å². The maximum Gasteiger partial charge on any atom is 0.240 e. The van der Waals surface area contributed by atoms with Crippen LogP contribution in [-0.2, 0) is 14.6 Å². The van der Waals surface area contributed by atoms with E-state index in [-0.39, 0.29) is 5.91 Å². The molecule has 0 saturated carbocycles. The molecule has 9 heteroatoms. The zero-order chi connectivity index (χ0) is 16.3. The lowest BCUT2D eigenvalue weighted by Gasteiger charge is -2.35. The molecule has 1 amide bonds. The Morgan fingerprint density at radius 2 is 1.95 bits per heavy atom. The number of anilines is 1. The molecule has 1 aromatic rings. The van der Waals surface area contributed by atoms with Gasteiger partial charge in [0.05, 0.1) is 7.11 Å². The Bertz CT molecular complexity index is 641. The summed E-state index contributed by atoms with van der Waals surface area (Å²) in [7, 11) is -1.84. The van der Waals surface area contributed by atoms with E-state index >= 15 is 0 Å². The van der Waals surface area contributed by atoms with Crippen molar-refractivity contribution in [1.29, 1.82) is 0 Å². The minimum absolute atomic E-state index is 0.353. The molecule has 0 N–H and O–H groups in total. The van der Waals surface area contributed by atoms with Crippen LogP contribution in [-0.4, -0.2) is 74.0 Å². The van der Waals surface area contributed by atoms with Crippen LogP contribution < -0.4 is 9.64 Å². The number of methoxy groups -OCH3 is 1. The number of carbonyl (C=O) groups is 1. The van der Waals surface area contributed by atoms with E-state index in [9.17, 15) is 13.2 Å². The first-order chi connectivity index (χ1) is 10.3. The lowest BCUT2D eigenvalue weighted by molar-refractivity contribution is -0.130. The number of ether oxygens (including phenoxy) is 1. The number of piperazine rings is 1. The highest BCUT2D eigenvalue weighted by molar-refractivity contribution is 7.92. The van der Waals surface area contributed by atoms with Crippen molar-refractivity contribution < 1.29 is 17.9 Å². The van der Waals surface area contributed by atoms with E-state index in [4.69, 9.17) is 4.74 Å². The average molecular weight is 328 g/mol. The predicted molar refractivity (Wildman–Crippen MR) is 81.7 cm³/mol. The maximum atomic E-state index is 12.2. The van der Waals surface area contributed by atoms with Crippen molar-refractivity contribution in [3.05, 3.63) is 12.3 Å². The van der Waals surface area contributed by atoms with Crippen LogP contribution in [0.15, 0.2) is 12.3 Å². The van der Waals surface area contributed by atoms with Crippen LogP contribution in [0.25, 0.3) is 0 Å². The Morgan fingerprint density at radius 3 is 2.50 bits per heavy atom. The highest BCUT2D eigenvalue weighted by Crippen LogP contribution is 2.15. The first kappa shape index (κ1) is 16.5. The number of carbonyl (C=O) groups excluding carboxylic acids is 1. The fourth-order valence-corrected chi connectivity index (χ4v) is 2.68. The van der Waals surface area contributed by atoms with Crippen molar-refractivity contribution in [3.63, 3.8) is 0 Å². The molecule has 0 aromatic carbocycles. The molecule has 1 atom stereocenters. The van der Waals surface area contributed by atoms with Gasteiger partial charge in [-0.15, -0.1) is 0 Å². The monoisotopic (exact) mass is 328 g/mol. The van der Waals surface area contributed by atoms with Gasteiger partial charge in [-0.05, 0) is 6.92 Å². The Hall–Kier alpha value is -1.90. The predicted octanol–water partition coefficient (Wildman–Crippen LogP) is -0.433. The van der Waals surface area contributed by atoms with Crippen molar-refractivity contribution in [2.45, 2.75) is 12.2 Å². The number of hydrogen-bond donors (Lipinski definition) is 0. The van der Waals surface area contributed by atoms with E-state index in [0.717, 1.165) is 6.26 Å². The van der Waals surface area contributed by atoms with Gasteiger partial charge in [0.2, 0.25) is 17.7 Å². The number of nitrogens with zero attached hydrogens (tertiary/aromatic N) is 4. The molecule has 1 saturated heterocycles. The summed E-state index contributed by atoms with van der Waals surface area (Å²) in [4.78, 5) is 24.1. The molecule has 22 heavy (non-hydrogen) atoms. The summed E-state index contributed by atoms with van der Waals surface area (Å²) in [5.74, 6) is 0.672. The fourth-order valence-electron chi connectivity index (χ4n) is 2.17. The van der Waals surface area contributed by atoms with Crippen LogP contribution in [0.1, 0.15) is 6.92 Å². The van der Waals surface area contributed by atoms with Crippen LogP contribution in [0.3, 0.4) is 0 Å². The van der Waals surface area contributed by atoms with E-state index in [1.807, 2.05) is 4.90 Å². The maximum absolute atomic E-state index is 12.2. The van der Waals surface area contributed by atoms with E-state index in [0.29, 0.717) is 38.0 Å². The van der Waals surface area contributed by atoms with Crippen molar-refractivity contribution in [1.82, 2.24) is 14.9 Å². The van der Waals surface area contributed by atoms with Gasteiger partial charge in [0.25, 0.3) is 0 Å². The molecule has 2 rings (SSSR count). The molecule has 0 aliphatic carbocycles. The number of amides is 1. The minimum Gasteiger partial charge on any atom is -0.481 e. The van der Waals surface area contributed by atoms with Crippen LogP contribution >= 0.6 is 0 Å². The Labute approximate surface area is 130 Å². The van der Waals surface area contributed by atoms with Crippen molar-refractivity contribution in [2.75, 3.05) is 44.4 Å². The number of hydrogen-bond acceptors (Lipinski definition) is 7. The SMILES string of the molecule is COc1ccnc(N2CCN(C(=O)C(C)S(C)(=O)=O)CC2)n1. The van der Waals surface area contributed by atoms with E-state index < -0.39 is 15.1 Å². The number of rotatable bonds is 4. The molecule has 0 spiro atoms. The minimum atomic E-state index is -3.37. The van der Waals surface area contributed by atoms with Crippen LogP contribution in [0.2, 0.25) is 0 Å². The summed E-state index contributed by atoms with van der Waals surface area (Å²) in [6.45, 7) is 3.42. The van der Waals surface area contributed by atoms with Gasteiger partial charge >= 0.3 is 0 Å². The third-order valence-electron chi connectivity index (χ3n) is 3.69. The standard InChI is InChI=1S/C13H20N4O4S/c1-10(22(3,19)20)12(18)16-6-8-17(9-7-16)13-14-5-4-11(15-13)21-2/h4-5,10H,6-9H2,1-3H3. The second kappa shape index (κ2) is 6.47. The van der Waals surface area contributed by atoms with Gasteiger partial charge in [-0.1, -0.05) is 0 Å². The van der Waals surface area contributed by atoms with Crippen molar-refractivity contribution >= 4 is 21.7 Å². The summed E-state index contributed by atoms with van der Waals surface area (Å²) in [6, 6.07) is 1.66. The van der Waals surface area contributed by atoms with Gasteiger partial charge in [-0.2, -0.15) is 4.98 Å². The largest absolute Gasteiger partial charge is 0.481 e. The Morgan fingerprint density at radius 1 is 1.32 bits per heavy atom. The molecule has 0 radical (unpaired) electrons. The molecule has 1 aromatic heterocycles. The molecule has 1 fully saturated rings. The molecule has 8 nitrogen and oxygen atoms in total. The summed E-state index contributed by atoms with van der Waals surface area (Å²) < 4.78 is 28.0. The van der Waals surface area contributed by atoms with Crippen molar-refractivity contribution in [2.24, 2.45) is 0 Å². The highest BCUT2D eigenvalue weighted by Gasteiger charge is 2.30. The molecule has 0 bridgehead atoms. The first-order valence-corrected chi connectivity index (χ1v) is 8.88. The quantitative estimate of drug-likeness (QED) is 0.740. The van der Waals surface area contributed by atoms with Crippen LogP contribution in [0, 0.1) is 0 Å². The van der Waals surface area contributed by atoms with E-state index in [1.165, 1.54) is 14.0 Å². The third kappa shape index (κ3) is 3.65. The summed E-state index contributed by atoms with van der Waals surface area (Å²) in [5, 5.41) is -1.01. The van der Waals surface area contributed by atoms with E-state index in [2.05, 4.69) is 9.97 Å². The molecule has 122 valence electrons. The molecule has 1 aliphatic rings. The zero-order valence-electron chi connectivity index (χ0n) is 12.9. The van der Waals surface area contributed by atoms with Gasteiger partial charge in [-0.3, -0.25) is 4.79 Å². The second-order valence-electron chi connectivity index (χ2n) is 5.18. The summed E-state index contributed by atoms with van der Waals surface area (Å²) >= 11 is 0.